The minimum atomic E-state index is -4.07. The van der Waals surface area contributed by atoms with E-state index in [0.717, 1.165) is 12.1 Å². The minimum absolute atomic E-state index is 0.119. The number of pyridine rings is 1. The van der Waals surface area contributed by atoms with E-state index in [4.69, 9.17) is 14.3 Å². The van der Waals surface area contributed by atoms with Crippen LogP contribution in [0.4, 0.5) is 5.69 Å². The Balaban J connectivity index is 2.30. The Morgan fingerprint density at radius 2 is 2.19 bits per heavy atom. The molecule has 0 bridgehead atoms. The van der Waals surface area contributed by atoms with Gasteiger partial charge in [0.05, 0.1) is 6.61 Å². The molecular weight excluding hydrogens is 300 g/mol. The molecule has 0 unspecified atom stereocenters. The number of sulfonamides is 1. The number of hydrogen-bond acceptors (Lipinski definition) is 6. The van der Waals surface area contributed by atoms with E-state index in [2.05, 4.69) is 9.71 Å². The van der Waals surface area contributed by atoms with Crippen LogP contribution in [-0.4, -0.2) is 31.1 Å². The third-order valence-corrected chi connectivity index (χ3v) is 3.59. The van der Waals surface area contributed by atoms with Gasteiger partial charge in [-0.3, -0.25) is 4.72 Å². The molecule has 2 rings (SSSR count). The smallest absolute Gasteiger partial charge is 0.371 e. The molecule has 0 amide bonds. The topological polar surface area (TPSA) is 119 Å². The second-order valence-corrected chi connectivity index (χ2v) is 5.43. The molecular formula is C12H12N2O6S. The minimum Gasteiger partial charge on any atom is -0.476 e. The van der Waals surface area contributed by atoms with Crippen molar-refractivity contribution in [2.24, 2.45) is 0 Å². The Bertz CT molecular complexity index is 753. The fourth-order valence-corrected chi connectivity index (χ4v) is 2.49. The maximum Gasteiger partial charge on any atom is 0.371 e. The van der Waals surface area contributed by atoms with E-state index < -0.39 is 26.8 Å². The number of aromatic nitrogens is 1. The summed E-state index contributed by atoms with van der Waals surface area (Å²) in [4.78, 5) is 14.6. The number of ether oxygens (including phenoxy) is 1. The van der Waals surface area contributed by atoms with Gasteiger partial charge in [0, 0.05) is 6.20 Å². The molecule has 2 aromatic rings. The van der Waals surface area contributed by atoms with Crippen LogP contribution in [0.5, 0.6) is 5.88 Å². The van der Waals surface area contributed by atoms with Crippen molar-refractivity contribution in [2.75, 3.05) is 11.3 Å². The number of nitrogens with zero attached hydrogens (tertiary/aromatic N) is 1. The molecule has 0 saturated carbocycles. The number of aromatic carboxylic acids is 1. The number of anilines is 1. The molecule has 0 fully saturated rings. The molecule has 0 spiro atoms. The number of carbonyl (C=O) groups is 1. The van der Waals surface area contributed by atoms with Crippen LogP contribution in [0.25, 0.3) is 0 Å². The van der Waals surface area contributed by atoms with Crippen molar-refractivity contribution in [1.82, 2.24) is 4.98 Å². The van der Waals surface area contributed by atoms with Gasteiger partial charge in [-0.1, -0.05) is 0 Å². The van der Waals surface area contributed by atoms with Crippen molar-refractivity contribution in [1.29, 1.82) is 0 Å². The van der Waals surface area contributed by atoms with Crippen LogP contribution in [-0.2, 0) is 10.0 Å². The second-order valence-electron chi connectivity index (χ2n) is 3.82. The monoisotopic (exact) mass is 312 g/mol. The number of carboxylic acid groups (broad SMARTS) is 1. The molecule has 0 aliphatic heterocycles. The SMILES string of the molecule is CCOc1ncccc1NS(=O)(=O)c1ccc(C(=O)O)o1. The number of hydrogen-bond donors (Lipinski definition) is 2. The summed E-state index contributed by atoms with van der Waals surface area (Å²) in [5.41, 5.74) is 0.132. The first-order valence-electron chi connectivity index (χ1n) is 5.88. The van der Waals surface area contributed by atoms with Gasteiger partial charge in [-0.15, -0.1) is 0 Å². The van der Waals surface area contributed by atoms with E-state index in [0.29, 0.717) is 6.61 Å². The van der Waals surface area contributed by atoms with E-state index in [9.17, 15) is 13.2 Å². The van der Waals surface area contributed by atoms with Crippen LogP contribution >= 0.6 is 0 Å². The van der Waals surface area contributed by atoms with Gasteiger partial charge >= 0.3 is 5.97 Å². The van der Waals surface area contributed by atoms with Crippen LogP contribution in [0.3, 0.4) is 0 Å². The van der Waals surface area contributed by atoms with Crippen molar-refractivity contribution < 1.29 is 27.5 Å². The fourth-order valence-electron chi connectivity index (χ4n) is 1.49. The summed E-state index contributed by atoms with van der Waals surface area (Å²) in [6.07, 6.45) is 1.46. The van der Waals surface area contributed by atoms with Crippen molar-refractivity contribution in [3.05, 3.63) is 36.2 Å². The quantitative estimate of drug-likeness (QED) is 0.831. The summed E-state index contributed by atoms with van der Waals surface area (Å²) in [6.45, 7) is 2.05. The predicted molar refractivity (Wildman–Crippen MR) is 71.9 cm³/mol. The Labute approximate surface area is 120 Å². The summed E-state index contributed by atoms with van der Waals surface area (Å²) < 4.78 is 36.4. The summed E-state index contributed by atoms with van der Waals surface area (Å²) in [5.74, 6) is -1.70. The molecule has 21 heavy (non-hydrogen) atoms. The average molecular weight is 312 g/mol. The molecule has 2 heterocycles. The first-order valence-corrected chi connectivity index (χ1v) is 7.36. The van der Waals surface area contributed by atoms with Crippen LogP contribution in [0.1, 0.15) is 17.5 Å². The van der Waals surface area contributed by atoms with Gasteiger partial charge in [-0.05, 0) is 31.2 Å². The predicted octanol–water partition coefficient (Wildman–Crippen LogP) is 1.57. The summed E-state index contributed by atoms with van der Waals surface area (Å²) in [5, 5.41) is 8.22. The number of furan rings is 1. The third-order valence-electron chi connectivity index (χ3n) is 2.35. The molecule has 2 N–H and O–H groups in total. The van der Waals surface area contributed by atoms with E-state index in [-0.39, 0.29) is 11.6 Å². The molecule has 2 aromatic heterocycles. The zero-order chi connectivity index (χ0) is 15.5. The van der Waals surface area contributed by atoms with Crippen molar-refractivity contribution in [3.8, 4) is 5.88 Å². The maximum atomic E-state index is 12.1. The van der Waals surface area contributed by atoms with Gasteiger partial charge in [0.25, 0.3) is 10.0 Å². The van der Waals surface area contributed by atoms with Crippen LogP contribution in [0.15, 0.2) is 40.0 Å². The Hall–Kier alpha value is -2.55. The van der Waals surface area contributed by atoms with Crippen LogP contribution in [0.2, 0.25) is 0 Å². The summed E-state index contributed by atoms with van der Waals surface area (Å²) in [6, 6.07) is 5.12. The zero-order valence-corrected chi connectivity index (χ0v) is 11.8. The largest absolute Gasteiger partial charge is 0.476 e. The van der Waals surface area contributed by atoms with E-state index >= 15 is 0 Å². The van der Waals surface area contributed by atoms with E-state index in [1.54, 1.807) is 6.92 Å². The first-order chi connectivity index (χ1) is 9.94. The van der Waals surface area contributed by atoms with Crippen molar-refractivity contribution in [2.45, 2.75) is 12.0 Å². The molecule has 9 heteroatoms. The van der Waals surface area contributed by atoms with Crippen LogP contribution in [0, 0.1) is 0 Å². The van der Waals surface area contributed by atoms with E-state index in [1.165, 1.54) is 18.3 Å². The molecule has 0 atom stereocenters. The summed E-state index contributed by atoms with van der Waals surface area (Å²) in [7, 11) is -4.07. The second kappa shape index (κ2) is 5.83. The maximum absolute atomic E-state index is 12.1. The Morgan fingerprint density at radius 1 is 1.43 bits per heavy atom. The number of carboxylic acids is 1. The number of rotatable bonds is 6. The normalized spacial score (nSPS) is 11.1. The molecule has 8 nitrogen and oxygen atoms in total. The molecule has 0 aliphatic carbocycles. The van der Waals surface area contributed by atoms with Gasteiger partial charge in [0.15, 0.2) is 0 Å². The lowest BCUT2D eigenvalue weighted by Crippen LogP contribution is -2.13. The highest BCUT2D eigenvalue weighted by molar-refractivity contribution is 7.92. The van der Waals surface area contributed by atoms with E-state index in [1.807, 2.05) is 0 Å². The van der Waals surface area contributed by atoms with Crippen molar-refractivity contribution >= 4 is 21.7 Å². The molecule has 0 radical (unpaired) electrons. The lowest BCUT2D eigenvalue weighted by Gasteiger charge is -2.10. The molecule has 0 saturated heterocycles. The van der Waals surface area contributed by atoms with Gasteiger partial charge in [-0.2, -0.15) is 8.42 Å². The highest BCUT2D eigenvalue weighted by Gasteiger charge is 2.22. The van der Waals surface area contributed by atoms with Gasteiger partial charge in [-0.25, -0.2) is 9.78 Å². The molecule has 0 aromatic carbocycles. The Kier molecular flexibility index (Phi) is 4.13. The van der Waals surface area contributed by atoms with Gasteiger partial charge in [0.1, 0.15) is 5.69 Å². The van der Waals surface area contributed by atoms with Gasteiger partial charge < -0.3 is 14.3 Å². The highest BCUT2D eigenvalue weighted by atomic mass is 32.2. The van der Waals surface area contributed by atoms with Gasteiger partial charge in [0.2, 0.25) is 16.7 Å². The van der Waals surface area contributed by atoms with Crippen molar-refractivity contribution in [3.63, 3.8) is 0 Å². The Morgan fingerprint density at radius 3 is 2.81 bits per heavy atom. The third kappa shape index (κ3) is 3.31. The number of nitrogens with one attached hydrogen (secondary N) is 1. The molecule has 0 aliphatic rings. The summed E-state index contributed by atoms with van der Waals surface area (Å²) >= 11 is 0. The lowest BCUT2D eigenvalue weighted by atomic mass is 10.4. The average Bonchev–Trinajstić information content (AvgIpc) is 2.92. The zero-order valence-electron chi connectivity index (χ0n) is 10.9. The highest BCUT2D eigenvalue weighted by Crippen LogP contribution is 2.24. The molecule has 112 valence electrons. The standard InChI is InChI=1S/C12H12N2O6S/c1-2-19-11-8(4-3-7-13-11)14-21(17,18)10-6-5-9(20-10)12(15)16/h3-7,14H,2H2,1H3,(H,15,16). The van der Waals surface area contributed by atoms with Crippen LogP contribution < -0.4 is 9.46 Å². The fraction of sp³-hybridized carbons (Fsp3) is 0.167. The lowest BCUT2D eigenvalue weighted by molar-refractivity contribution is 0.0656. The first kappa shape index (κ1) is 14.9.